The van der Waals surface area contributed by atoms with E-state index in [1.54, 1.807) is 12.1 Å². The highest BCUT2D eigenvalue weighted by Gasteiger charge is 2.14. The summed E-state index contributed by atoms with van der Waals surface area (Å²) in [5, 5.41) is 23.9. The van der Waals surface area contributed by atoms with Crippen molar-refractivity contribution < 1.29 is 19.8 Å². The Kier molecular flexibility index (Phi) is 2.61. The number of aromatic amines is 1. The lowest BCUT2D eigenvalue weighted by Gasteiger charge is -2.01. The average Bonchev–Trinajstić information content (AvgIpc) is 2.78. The smallest absolute Gasteiger partial charge is 0.339 e. The Morgan fingerprint density at radius 3 is 2.59 bits per heavy atom. The largest absolute Gasteiger partial charge is 0.478 e. The van der Waals surface area contributed by atoms with Crippen molar-refractivity contribution in [3.05, 3.63) is 41.6 Å². The normalized spacial score (nSPS) is 10.1. The van der Waals surface area contributed by atoms with Gasteiger partial charge in [-0.3, -0.25) is 5.10 Å². The average molecular weight is 232 g/mol. The highest BCUT2D eigenvalue weighted by molar-refractivity contribution is 5.95. The van der Waals surface area contributed by atoms with Crippen molar-refractivity contribution in [2.45, 2.75) is 0 Å². The van der Waals surface area contributed by atoms with E-state index in [0.29, 0.717) is 11.3 Å². The molecule has 0 fully saturated rings. The summed E-state index contributed by atoms with van der Waals surface area (Å²) in [6.07, 6.45) is 1.19. The number of aromatic nitrogens is 2. The molecule has 6 heteroatoms. The van der Waals surface area contributed by atoms with Gasteiger partial charge in [-0.15, -0.1) is 0 Å². The molecular weight excluding hydrogens is 224 g/mol. The Balaban J connectivity index is 2.53. The summed E-state index contributed by atoms with van der Waals surface area (Å²) in [6.45, 7) is 0. The van der Waals surface area contributed by atoms with Crippen molar-refractivity contribution in [3.8, 4) is 11.3 Å². The molecule has 3 N–H and O–H groups in total. The van der Waals surface area contributed by atoms with Gasteiger partial charge in [0.2, 0.25) is 0 Å². The number of carboxylic acid groups (broad SMARTS) is 2. The Morgan fingerprint density at radius 2 is 1.94 bits per heavy atom. The molecule has 0 spiro atoms. The van der Waals surface area contributed by atoms with Gasteiger partial charge in [-0.05, 0) is 12.1 Å². The van der Waals surface area contributed by atoms with Gasteiger partial charge in [0, 0.05) is 5.56 Å². The van der Waals surface area contributed by atoms with Crippen molar-refractivity contribution in [1.82, 2.24) is 10.2 Å². The number of carboxylic acids is 2. The van der Waals surface area contributed by atoms with Crippen LogP contribution in [0.5, 0.6) is 0 Å². The van der Waals surface area contributed by atoms with Crippen LogP contribution >= 0.6 is 0 Å². The van der Waals surface area contributed by atoms with Gasteiger partial charge in [0.05, 0.1) is 17.5 Å². The Morgan fingerprint density at radius 1 is 1.18 bits per heavy atom. The molecule has 0 aliphatic heterocycles. The third-order valence-electron chi connectivity index (χ3n) is 2.27. The summed E-state index contributed by atoms with van der Waals surface area (Å²) < 4.78 is 0. The number of rotatable bonds is 3. The van der Waals surface area contributed by atoms with Crippen LogP contribution in [0.2, 0.25) is 0 Å². The summed E-state index contributed by atoms with van der Waals surface area (Å²) in [6, 6.07) is 5.99. The van der Waals surface area contributed by atoms with Crippen LogP contribution in [-0.4, -0.2) is 32.3 Å². The van der Waals surface area contributed by atoms with Gasteiger partial charge in [-0.2, -0.15) is 5.10 Å². The Labute approximate surface area is 95.5 Å². The second-order valence-corrected chi connectivity index (χ2v) is 3.35. The van der Waals surface area contributed by atoms with Crippen LogP contribution in [0.3, 0.4) is 0 Å². The predicted octanol–water partition coefficient (Wildman–Crippen LogP) is 1.47. The minimum atomic E-state index is -1.12. The molecule has 86 valence electrons. The van der Waals surface area contributed by atoms with E-state index in [0.717, 1.165) is 0 Å². The first-order valence-electron chi connectivity index (χ1n) is 4.70. The molecule has 17 heavy (non-hydrogen) atoms. The zero-order valence-electron chi connectivity index (χ0n) is 8.54. The molecule has 0 saturated carbocycles. The second-order valence-electron chi connectivity index (χ2n) is 3.35. The fraction of sp³-hybridized carbons (Fsp3) is 0. The quantitative estimate of drug-likeness (QED) is 0.743. The van der Waals surface area contributed by atoms with Gasteiger partial charge in [0.1, 0.15) is 5.56 Å². The molecule has 0 aliphatic carbocycles. The van der Waals surface area contributed by atoms with E-state index in [4.69, 9.17) is 10.2 Å². The first-order chi connectivity index (χ1) is 8.09. The summed E-state index contributed by atoms with van der Waals surface area (Å²) in [7, 11) is 0. The topological polar surface area (TPSA) is 103 Å². The van der Waals surface area contributed by atoms with E-state index in [9.17, 15) is 9.59 Å². The van der Waals surface area contributed by atoms with Crippen molar-refractivity contribution in [1.29, 1.82) is 0 Å². The fourth-order valence-electron chi connectivity index (χ4n) is 1.48. The molecule has 0 aliphatic rings. The molecule has 0 saturated heterocycles. The summed E-state index contributed by atoms with van der Waals surface area (Å²) >= 11 is 0. The number of carbonyl (C=O) groups is 2. The summed E-state index contributed by atoms with van der Waals surface area (Å²) in [4.78, 5) is 21.7. The highest BCUT2D eigenvalue weighted by Crippen LogP contribution is 2.22. The predicted molar refractivity (Wildman–Crippen MR) is 57.9 cm³/mol. The standard InChI is InChI=1S/C11H8N2O4/c14-10(15)7-3-1-2-6(4-7)9-8(11(16)17)5-12-13-9/h1-5H,(H,12,13)(H,14,15)(H,16,17). The lowest BCUT2D eigenvalue weighted by molar-refractivity contribution is 0.0687. The molecule has 2 aromatic rings. The zero-order chi connectivity index (χ0) is 12.4. The van der Waals surface area contributed by atoms with Gasteiger partial charge in [-0.25, -0.2) is 9.59 Å². The monoisotopic (exact) mass is 232 g/mol. The van der Waals surface area contributed by atoms with E-state index >= 15 is 0 Å². The van der Waals surface area contributed by atoms with Crippen molar-refractivity contribution >= 4 is 11.9 Å². The SMILES string of the molecule is O=C(O)c1cccc(-c2[nH]ncc2C(=O)O)c1. The van der Waals surface area contributed by atoms with E-state index < -0.39 is 11.9 Å². The molecule has 0 bridgehead atoms. The summed E-state index contributed by atoms with van der Waals surface area (Å²) in [5.41, 5.74) is 0.862. The minimum Gasteiger partial charge on any atom is -0.478 e. The third-order valence-corrected chi connectivity index (χ3v) is 2.27. The number of aromatic carboxylic acids is 2. The van der Waals surface area contributed by atoms with Gasteiger partial charge >= 0.3 is 11.9 Å². The van der Waals surface area contributed by atoms with E-state index in [-0.39, 0.29) is 11.1 Å². The van der Waals surface area contributed by atoms with E-state index in [1.165, 1.54) is 18.3 Å². The number of nitrogens with one attached hydrogen (secondary N) is 1. The molecule has 6 nitrogen and oxygen atoms in total. The Hall–Kier alpha value is -2.63. The fourth-order valence-corrected chi connectivity index (χ4v) is 1.48. The third kappa shape index (κ3) is 2.00. The maximum atomic E-state index is 10.9. The van der Waals surface area contributed by atoms with Crippen LogP contribution in [0.25, 0.3) is 11.3 Å². The number of hydrogen-bond donors (Lipinski definition) is 3. The van der Waals surface area contributed by atoms with Crippen LogP contribution in [0.4, 0.5) is 0 Å². The number of hydrogen-bond acceptors (Lipinski definition) is 3. The highest BCUT2D eigenvalue weighted by atomic mass is 16.4. The molecule has 0 unspecified atom stereocenters. The number of nitrogens with zero attached hydrogens (tertiary/aromatic N) is 1. The molecule has 0 atom stereocenters. The maximum Gasteiger partial charge on any atom is 0.339 e. The lowest BCUT2D eigenvalue weighted by atomic mass is 10.1. The van der Waals surface area contributed by atoms with Crippen molar-refractivity contribution in [2.75, 3.05) is 0 Å². The lowest BCUT2D eigenvalue weighted by Crippen LogP contribution is -1.99. The molecule has 0 amide bonds. The zero-order valence-corrected chi connectivity index (χ0v) is 8.54. The van der Waals surface area contributed by atoms with E-state index in [1.807, 2.05) is 0 Å². The van der Waals surface area contributed by atoms with Crippen LogP contribution in [0.15, 0.2) is 30.5 Å². The first kappa shape index (κ1) is 10.9. The van der Waals surface area contributed by atoms with Crippen LogP contribution in [0.1, 0.15) is 20.7 Å². The van der Waals surface area contributed by atoms with Crippen LogP contribution < -0.4 is 0 Å². The summed E-state index contributed by atoms with van der Waals surface area (Å²) in [5.74, 6) is -2.18. The van der Waals surface area contributed by atoms with Crippen LogP contribution in [0, 0.1) is 0 Å². The van der Waals surface area contributed by atoms with Crippen molar-refractivity contribution in [2.24, 2.45) is 0 Å². The van der Waals surface area contributed by atoms with Crippen molar-refractivity contribution in [3.63, 3.8) is 0 Å². The minimum absolute atomic E-state index is 0.00698. The number of benzene rings is 1. The van der Waals surface area contributed by atoms with E-state index in [2.05, 4.69) is 10.2 Å². The molecule has 1 heterocycles. The van der Waals surface area contributed by atoms with Gasteiger partial charge in [-0.1, -0.05) is 12.1 Å². The first-order valence-corrected chi connectivity index (χ1v) is 4.70. The van der Waals surface area contributed by atoms with Gasteiger partial charge in [0.25, 0.3) is 0 Å². The molecule has 2 rings (SSSR count). The molecule has 1 aromatic heterocycles. The molecule has 1 aromatic carbocycles. The Bertz CT molecular complexity index is 589. The second kappa shape index (κ2) is 4.09. The maximum absolute atomic E-state index is 10.9. The van der Waals surface area contributed by atoms with Gasteiger partial charge in [0.15, 0.2) is 0 Å². The molecular formula is C11H8N2O4. The number of H-pyrrole nitrogens is 1. The van der Waals surface area contributed by atoms with Crippen LogP contribution in [-0.2, 0) is 0 Å². The molecule has 0 radical (unpaired) electrons. The van der Waals surface area contributed by atoms with Gasteiger partial charge < -0.3 is 10.2 Å².